The van der Waals surface area contributed by atoms with E-state index in [1.165, 1.54) is 0 Å². The van der Waals surface area contributed by atoms with Crippen molar-refractivity contribution in [3.8, 4) is 0 Å². The summed E-state index contributed by atoms with van der Waals surface area (Å²) in [5, 5.41) is 0. The Morgan fingerprint density at radius 2 is 1.17 bits per heavy atom. The van der Waals surface area contributed by atoms with Gasteiger partial charge in [-0.05, 0) is 0 Å². The van der Waals surface area contributed by atoms with Crippen molar-refractivity contribution in [2.24, 2.45) is 0 Å². The first kappa shape index (κ1) is 15.8. The van der Waals surface area contributed by atoms with Gasteiger partial charge in [-0.25, -0.2) is 0 Å². The Balaban J connectivity index is -0.0000000450. The summed E-state index contributed by atoms with van der Waals surface area (Å²) in [4.78, 5) is 0. The van der Waals surface area contributed by atoms with Gasteiger partial charge in [-0.2, -0.15) is 0 Å². The molecule has 0 radical (unpaired) electrons. The summed E-state index contributed by atoms with van der Waals surface area (Å²) in [5.74, 6) is 0. The molecule has 0 rings (SSSR count). The molecule has 0 aliphatic rings. The summed E-state index contributed by atoms with van der Waals surface area (Å²) < 4.78 is 25.8. The molecule has 0 aromatic carbocycles. The van der Waals surface area contributed by atoms with E-state index in [-0.39, 0.29) is 59.1 Å². The van der Waals surface area contributed by atoms with Crippen LogP contribution < -0.4 is 65.5 Å². The van der Waals surface area contributed by atoms with Gasteiger partial charge in [0.05, 0.1) is 0 Å². The number of hydrogen-bond acceptors (Lipinski definition) is 3. The maximum atomic E-state index is 8.61. The van der Waals surface area contributed by atoms with Gasteiger partial charge in [-0.1, -0.05) is 0 Å². The van der Waals surface area contributed by atoms with Crippen LogP contribution in [0.3, 0.4) is 0 Å². The van der Waals surface area contributed by atoms with Gasteiger partial charge in [0, 0.05) is 0 Å². The van der Waals surface area contributed by atoms with Gasteiger partial charge >= 0.3 is 90.9 Å². The molecule has 0 aromatic heterocycles. The summed E-state index contributed by atoms with van der Waals surface area (Å²) in [6.45, 7) is 0. The van der Waals surface area contributed by atoms with E-state index in [2.05, 4.69) is 0 Å². The minimum atomic E-state index is -4.29. The molecule has 0 saturated carbocycles. The summed E-state index contributed by atoms with van der Waals surface area (Å²) in [6, 6.07) is 0. The molecule has 0 saturated heterocycles. The average Bonchev–Trinajstić information content (AvgIpc) is 0.811. The second-order valence-electron chi connectivity index (χ2n) is 0.250. The third kappa shape index (κ3) is 30.6. The average molecular weight is 185 g/mol. The molecule has 6 heavy (non-hydrogen) atoms. The van der Waals surface area contributed by atoms with Crippen molar-refractivity contribution in [2.75, 3.05) is 0 Å². The fraction of sp³-hybridized carbons (Fsp3) is 0. The molecule has 0 spiro atoms. The molecule has 0 atom stereocenters. The van der Waals surface area contributed by atoms with Crippen molar-refractivity contribution in [1.82, 2.24) is 0 Å². The Morgan fingerprint density at radius 3 is 1.17 bits per heavy atom. The monoisotopic (exact) mass is 184 g/mol. The van der Waals surface area contributed by atoms with Crippen LogP contribution in [-0.2, 0) is 25.4 Å². The molecule has 0 unspecified atom stereocenters. The van der Waals surface area contributed by atoms with Gasteiger partial charge in [-0.15, -0.1) is 0 Å². The Morgan fingerprint density at radius 1 is 1.17 bits per heavy atom. The molecule has 24 valence electrons. The molecule has 0 N–H and O–H groups in total. The van der Waals surface area contributed by atoms with Gasteiger partial charge in [0.15, 0.2) is 0 Å². The Labute approximate surface area is 89.1 Å². The third-order valence-electron chi connectivity index (χ3n) is 0. The number of hydrogen-bond donors (Lipinski definition) is 0. The molecule has 0 aromatic rings. The van der Waals surface area contributed by atoms with Crippen molar-refractivity contribution in [3.63, 3.8) is 0 Å². The van der Waals surface area contributed by atoms with E-state index >= 15 is 0 Å². The quantitative estimate of drug-likeness (QED) is 0.352. The predicted molar refractivity (Wildman–Crippen MR) is 0.686 cm³/mol. The van der Waals surface area contributed by atoms with Crippen LogP contribution in [0.2, 0.25) is 0 Å². The Bertz CT molecular complexity index is 31.8. The molecular weight excluding hydrogens is 185 g/mol. The SMILES string of the molecule is [Na+].[Na+].[O]=[Zr]([O-])[O-]. The first-order valence-corrected chi connectivity index (χ1v) is 3.62. The van der Waals surface area contributed by atoms with Crippen LogP contribution in [0.1, 0.15) is 0 Å². The second-order valence-corrected chi connectivity index (χ2v) is 1.48. The predicted octanol–water partition coefficient (Wildman–Crippen LogP) is -8.49. The Hall–Kier alpha value is 2.60. The standard InChI is InChI=1S/2Na.3O.Zr/q2*+1;;2*-1;. The van der Waals surface area contributed by atoms with Crippen LogP contribution in [0.25, 0.3) is 0 Å². The van der Waals surface area contributed by atoms with Gasteiger partial charge in [0.1, 0.15) is 0 Å². The van der Waals surface area contributed by atoms with E-state index in [9.17, 15) is 0 Å². The van der Waals surface area contributed by atoms with Crippen LogP contribution in [0, 0.1) is 0 Å². The van der Waals surface area contributed by atoms with E-state index in [1.807, 2.05) is 0 Å². The molecule has 0 aliphatic heterocycles. The Kier molecular flexibility index (Phi) is 27.9. The normalized spacial score (nSPS) is 4.33. The first-order chi connectivity index (χ1) is 1.73. The van der Waals surface area contributed by atoms with Crippen molar-refractivity contribution < 1.29 is 90.9 Å². The van der Waals surface area contributed by atoms with Gasteiger partial charge in [-0.3, -0.25) is 0 Å². The van der Waals surface area contributed by atoms with Crippen molar-refractivity contribution in [1.29, 1.82) is 0 Å². The van der Waals surface area contributed by atoms with Gasteiger partial charge in [0.2, 0.25) is 0 Å². The zero-order valence-corrected chi connectivity index (χ0v) is 10.2. The molecule has 0 heterocycles. The fourth-order valence-corrected chi connectivity index (χ4v) is 0. The molecular formula is Na2O3Zr. The van der Waals surface area contributed by atoms with Crippen LogP contribution in [0.15, 0.2) is 0 Å². The van der Waals surface area contributed by atoms with Crippen molar-refractivity contribution in [3.05, 3.63) is 0 Å². The van der Waals surface area contributed by atoms with Gasteiger partial charge < -0.3 is 0 Å². The molecule has 0 fully saturated rings. The zero-order chi connectivity index (χ0) is 3.58. The first-order valence-electron chi connectivity index (χ1n) is 0.612. The maximum absolute atomic E-state index is 8.61. The van der Waals surface area contributed by atoms with Crippen LogP contribution in [0.5, 0.6) is 0 Å². The second kappa shape index (κ2) is 10.6. The molecule has 6 heteroatoms. The topological polar surface area (TPSA) is 63.2 Å². The zero-order valence-electron chi connectivity index (χ0n) is 3.72. The fourth-order valence-electron chi connectivity index (χ4n) is 0. The summed E-state index contributed by atoms with van der Waals surface area (Å²) >= 11 is -4.29. The van der Waals surface area contributed by atoms with Crippen molar-refractivity contribution in [2.45, 2.75) is 0 Å². The van der Waals surface area contributed by atoms with Crippen LogP contribution in [0.4, 0.5) is 0 Å². The molecule has 0 bridgehead atoms. The van der Waals surface area contributed by atoms with Gasteiger partial charge in [0.25, 0.3) is 0 Å². The van der Waals surface area contributed by atoms with Crippen LogP contribution in [-0.4, -0.2) is 0 Å². The van der Waals surface area contributed by atoms with E-state index in [0.717, 1.165) is 0 Å². The van der Waals surface area contributed by atoms with E-state index in [1.54, 1.807) is 0 Å². The molecule has 0 amide bonds. The molecule has 0 aliphatic carbocycles. The summed E-state index contributed by atoms with van der Waals surface area (Å²) in [6.07, 6.45) is 0. The van der Waals surface area contributed by atoms with E-state index < -0.39 is 22.6 Å². The minimum absolute atomic E-state index is 0. The summed E-state index contributed by atoms with van der Waals surface area (Å²) in [5.41, 5.74) is 0. The van der Waals surface area contributed by atoms with Crippen molar-refractivity contribution >= 4 is 0 Å². The molecule has 3 nitrogen and oxygen atoms in total. The third-order valence-corrected chi connectivity index (χ3v) is 0. The van der Waals surface area contributed by atoms with Crippen LogP contribution >= 0.6 is 0 Å². The van der Waals surface area contributed by atoms with E-state index in [4.69, 9.17) is 9.18 Å². The number of rotatable bonds is 0. The summed E-state index contributed by atoms with van der Waals surface area (Å²) in [7, 11) is 0. The van der Waals surface area contributed by atoms with E-state index in [0.29, 0.717) is 0 Å².